The van der Waals surface area contributed by atoms with Gasteiger partial charge in [0.1, 0.15) is 22.8 Å². The smallest absolute Gasteiger partial charge is 0.255 e. The number of rotatable bonds is 4. The molecule has 0 spiro atoms. The van der Waals surface area contributed by atoms with Gasteiger partial charge in [0.25, 0.3) is 5.91 Å². The molecule has 1 heterocycles. The van der Waals surface area contributed by atoms with Gasteiger partial charge in [-0.2, -0.15) is 0 Å². The maximum atomic E-state index is 13.9. The molecular weight excluding hydrogens is 490 g/mol. The van der Waals surface area contributed by atoms with Crippen molar-refractivity contribution in [2.45, 2.75) is 24.5 Å². The molecule has 1 aromatic heterocycles. The number of nitrogens with zero attached hydrogens (tertiary/aromatic N) is 2. The third kappa shape index (κ3) is 3.56. The van der Waals surface area contributed by atoms with Crippen molar-refractivity contribution in [2.24, 2.45) is 17.6 Å². The van der Waals surface area contributed by atoms with Crippen LogP contribution < -0.4 is 5.73 Å². The number of phenols is 1. The molecule has 0 aliphatic heterocycles. The summed E-state index contributed by atoms with van der Waals surface area (Å²) in [5.41, 5.74) is 3.92. The number of aromatic hydroxyl groups is 1. The van der Waals surface area contributed by atoms with Gasteiger partial charge in [-0.1, -0.05) is 18.2 Å². The van der Waals surface area contributed by atoms with Crippen LogP contribution >= 0.6 is 0 Å². The second kappa shape index (κ2) is 8.93. The summed E-state index contributed by atoms with van der Waals surface area (Å²) < 4.78 is 0. The molecule has 1 fully saturated rings. The van der Waals surface area contributed by atoms with Crippen molar-refractivity contribution >= 4 is 35.4 Å². The van der Waals surface area contributed by atoms with Crippen molar-refractivity contribution in [2.75, 3.05) is 14.1 Å². The minimum atomic E-state index is -2.65. The van der Waals surface area contributed by atoms with E-state index in [1.807, 2.05) is 24.3 Å². The number of aromatic nitrogens is 1. The number of likely N-dealkylation sites (N-methyl/N-ethyl adjacent to an activating group) is 1. The minimum Gasteiger partial charge on any atom is -0.508 e. The van der Waals surface area contributed by atoms with E-state index < -0.39 is 58.0 Å². The summed E-state index contributed by atoms with van der Waals surface area (Å²) in [6, 6.07) is 5.62. The Hall–Kier alpha value is -4.28. The number of primary amides is 1. The molecule has 4 atom stereocenters. The first-order chi connectivity index (χ1) is 18.0. The molecule has 0 saturated heterocycles. The molecule has 0 bridgehead atoms. The van der Waals surface area contributed by atoms with Gasteiger partial charge < -0.3 is 26.2 Å². The van der Waals surface area contributed by atoms with Crippen LogP contribution in [0.25, 0.3) is 17.9 Å². The molecule has 0 radical (unpaired) electrons. The average Bonchev–Trinajstić information content (AvgIpc) is 2.86. The van der Waals surface area contributed by atoms with E-state index in [-0.39, 0.29) is 29.7 Å². The number of aliphatic hydroxyl groups is 3. The number of amides is 1. The topological polar surface area (TPSA) is 174 Å². The average molecular weight is 518 g/mol. The summed E-state index contributed by atoms with van der Waals surface area (Å²) in [4.78, 5) is 44.6. The second-order valence-corrected chi connectivity index (χ2v) is 10.1. The SMILES string of the molecule is CN(C)C1C(=O)C(C(N)=O)=C(O)C2(O)C(=O)C3=C(O)c4c(O)ccc(/C=C/c5ccncc5)c4CC3CC12. The highest BCUT2D eigenvalue weighted by atomic mass is 16.3. The standard InChI is InChI=1S/C28H27N3O7/c1-31(2)22-17-12-15-11-16-14(4-3-13-7-9-30-10-8-13)5-6-18(32)20(16)23(33)19(15)25(35)28(17,38)26(36)21(24(22)34)27(29)37/h3-10,15,17,22,32-33,36,38H,11-12H2,1-2H3,(H2,29,37)/b4-3+. The van der Waals surface area contributed by atoms with E-state index in [1.54, 1.807) is 32.6 Å². The Morgan fingerprint density at radius 2 is 1.79 bits per heavy atom. The zero-order chi connectivity index (χ0) is 27.5. The fourth-order valence-electron chi connectivity index (χ4n) is 6.08. The van der Waals surface area contributed by atoms with Crippen molar-refractivity contribution < 1.29 is 34.8 Å². The fourth-order valence-corrected chi connectivity index (χ4v) is 6.08. The van der Waals surface area contributed by atoms with Crippen LogP contribution in [0.4, 0.5) is 0 Å². The summed E-state index contributed by atoms with van der Waals surface area (Å²) in [5.74, 6) is -6.71. The van der Waals surface area contributed by atoms with E-state index in [0.29, 0.717) is 11.1 Å². The number of pyridine rings is 1. The van der Waals surface area contributed by atoms with Crippen LogP contribution in [-0.2, 0) is 20.8 Å². The summed E-state index contributed by atoms with van der Waals surface area (Å²) >= 11 is 0. The first-order valence-corrected chi connectivity index (χ1v) is 12.1. The quantitative estimate of drug-likeness (QED) is 0.377. The number of hydrogen-bond donors (Lipinski definition) is 5. The van der Waals surface area contributed by atoms with Crippen LogP contribution in [0, 0.1) is 11.8 Å². The van der Waals surface area contributed by atoms with Crippen molar-refractivity contribution in [1.82, 2.24) is 9.88 Å². The first kappa shape index (κ1) is 25.4. The predicted octanol–water partition coefficient (Wildman–Crippen LogP) is 1.53. The number of Topliss-reactive ketones (excluding diaryl/α,β-unsaturated/α-hetero) is 2. The molecule has 38 heavy (non-hydrogen) atoms. The maximum Gasteiger partial charge on any atom is 0.255 e. The van der Waals surface area contributed by atoms with E-state index in [0.717, 1.165) is 5.56 Å². The van der Waals surface area contributed by atoms with Crippen molar-refractivity contribution in [3.63, 3.8) is 0 Å². The zero-order valence-electron chi connectivity index (χ0n) is 20.8. The van der Waals surface area contributed by atoms with Gasteiger partial charge in [-0.05, 0) is 67.7 Å². The van der Waals surface area contributed by atoms with Crippen LogP contribution in [-0.4, -0.2) is 73.5 Å². The second-order valence-electron chi connectivity index (χ2n) is 10.1. The molecule has 1 amide bonds. The normalized spacial score (nSPS) is 27.0. The zero-order valence-corrected chi connectivity index (χ0v) is 20.8. The summed E-state index contributed by atoms with van der Waals surface area (Å²) in [5, 5.41) is 44.5. The van der Waals surface area contributed by atoms with Crippen LogP contribution in [0.5, 0.6) is 5.75 Å². The molecule has 3 aliphatic rings. The number of nitrogens with two attached hydrogens (primary N) is 1. The lowest BCUT2D eigenvalue weighted by molar-refractivity contribution is -0.153. The Morgan fingerprint density at radius 3 is 2.42 bits per heavy atom. The number of ketones is 2. The maximum absolute atomic E-state index is 13.9. The Balaban J connectivity index is 1.68. The van der Waals surface area contributed by atoms with Gasteiger partial charge in [-0.15, -0.1) is 0 Å². The number of phenolic OH excluding ortho intramolecular Hbond substituents is 1. The molecule has 1 saturated carbocycles. The minimum absolute atomic E-state index is 0.0366. The number of carbonyl (C=O) groups excluding carboxylic acids is 3. The molecule has 10 nitrogen and oxygen atoms in total. The molecule has 2 aromatic rings. The van der Waals surface area contributed by atoms with E-state index in [1.165, 1.54) is 11.0 Å². The van der Waals surface area contributed by atoms with Gasteiger partial charge in [0, 0.05) is 23.9 Å². The third-order valence-electron chi connectivity index (χ3n) is 7.80. The van der Waals surface area contributed by atoms with Crippen LogP contribution in [0.1, 0.15) is 28.7 Å². The van der Waals surface area contributed by atoms with E-state index in [9.17, 15) is 34.8 Å². The Bertz CT molecular complexity index is 1470. The number of aliphatic hydroxyl groups excluding tert-OH is 2. The summed E-state index contributed by atoms with van der Waals surface area (Å²) in [6.07, 6.45) is 7.25. The number of hydrogen-bond acceptors (Lipinski definition) is 9. The van der Waals surface area contributed by atoms with Gasteiger partial charge in [0.15, 0.2) is 11.4 Å². The van der Waals surface area contributed by atoms with E-state index in [2.05, 4.69) is 4.98 Å². The van der Waals surface area contributed by atoms with Gasteiger partial charge in [-0.25, -0.2) is 0 Å². The molecule has 3 aliphatic carbocycles. The van der Waals surface area contributed by atoms with Crippen LogP contribution in [0.15, 0.2) is 53.6 Å². The van der Waals surface area contributed by atoms with Crippen LogP contribution in [0.3, 0.4) is 0 Å². The number of carbonyl (C=O) groups is 3. The van der Waals surface area contributed by atoms with E-state index in [4.69, 9.17) is 5.73 Å². The van der Waals surface area contributed by atoms with Gasteiger partial charge in [0.2, 0.25) is 5.78 Å². The first-order valence-electron chi connectivity index (χ1n) is 12.1. The van der Waals surface area contributed by atoms with Gasteiger partial charge in [-0.3, -0.25) is 24.3 Å². The highest BCUT2D eigenvalue weighted by Crippen LogP contribution is 2.53. The predicted molar refractivity (Wildman–Crippen MR) is 137 cm³/mol. The monoisotopic (exact) mass is 517 g/mol. The molecule has 5 rings (SSSR count). The van der Waals surface area contributed by atoms with Crippen LogP contribution in [0.2, 0.25) is 0 Å². The number of benzene rings is 1. The van der Waals surface area contributed by atoms with Crippen molar-refractivity contribution in [1.29, 1.82) is 0 Å². The van der Waals surface area contributed by atoms with Gasteiger partial charge >= 0.3 is 0 Å². The molecule has 1 aromatic carbocycles. The Morgan fingerprint density at radius 1 is 1.11 bits per heavy atom. The highest BCUT2D eigenvalue weighted by molar-refractivity contribution is 6.24. The Labute approximate surface area is 218 Å². The van der Waals surface area contributed by atoms with Crippen molar-refractivity contribution in [3.05, 3.63) is 75.8 Å². The fraction of sp³-hybridized carbons (Fsp3) is 0.286. The molecule has 196 valence electrons. The highest BCUT2D eigenvalue weighted by Gasteiger charge is 2.64. The largest absolute Gasteiger partial charge is 0.508 e. The lowest BCUT2D eigenvalue weighted by Crippen LogP contribution is -2.65. The van der Waals surface area contributed by atoms with Gasteiger partial charge in [0.05, 0.1) is 11.6 Å². The molecular formula is C28H27N3O7. The summed E-state index contributed by atoms with van der Waals surface area (Å²) in [7, 11) is 3.13. The molecule has 6 N–H and O–H groups in total. The third-order valence-corrected chi connectivity index (χ3v) is 7.80. The lowest BCUT2D eigenvalue weighted by Gasteiger charge is -2.50. The Kier molecular flexibility index (Phi) is 5.96. The molecule has 4 unspecified atom stereocenters. The lowest BCUT2D eigenvalue weighted by atomic mass is 9.57. The van der Waals surface area contributed by atoms with E-state index >= 15 is 0 Å². The van der Waals surface area contributed by atoms with Crippen molar-refractivity contribution in [3.8, 4) is 5.75 Å². The summed E-state index contributed by atoms with van der Waals surface area (Å²) in [6.45, 7) is 0. The number of fused-ring (bicyclic) bond motifs is 3. The molecule has 10 heteroatoms.